The Labute approximate surface area is 90.4 Å². The molecule has 0 heterocycles. The van der Waals surface area contributed by atoms with Gasteiger partial charge in [0.15, 0.2) is 0 Å². The van der Waals surface area contributed by atoms with Gasteiger partial charge >= 0.3 is 6.18 Å². The minimum Gasteiger partial charge on any atom is -0.376 e. The number of rotatable bonds is 3. The summed E-state index contributed by atoms with van der Waals surface area (Å²) in [6, 6.07) is 3.82. The second-order valence-electron chi connectivity index (χ2n) is 3.37. The molecule has 1 aromatic carbocycles. The zero-order valence-electron chi connectivity index (χ0n) is 8.56. The van der Waals surface area contributed by atoms with Gasteiger partial charge in [0.1, 0.15) is 0 Å². The highest BCUT2D eigenvalue weighted by Crippen LogP contribution is 2.35. The van der Waals surface area contributed by atoms with Crippen LogP contribution in [-0.4, -0.2) is 12.5 Å². The average molecular weight is 232 g/mol. The molecule has 1 amide bonds. The highest BCUT2D eigenvalue weighted by Gasteiger charge is 2.33. The van der Waals surface area contributed by atoms with Gasteiger partial charge in [-0.15, -0.1) is 0 Å². The standard InChI is InChI=1S/C10H11F3N2O/c1-6-2-3-8(15-5-9(14)16)7(4-6)10(11,12)13/h2-4,15H,5H2,1H3,(H2,14,16). The third kappa shape index (κ3) is 3.15. The predicted molar refractivity (Wildman–Crippen MR) is 53.9 cm³/mol. The van der Waals surface area contributed by atoms with Crippen LogP contribution in [0.4, 0.5) is 18.9 Å². The molecule has 0 atom stereocenters. The van der Waals surface area contributed by atoms with Crippen molar-refractivity contribution in [1.82, 2.24) is 0 Å². The lowest BCUT2D eigenvalue weighted by molar-refractivity contribution is -0.137. The van der Waals surface area contributed by atoms with Gasteiger partial charge in [-0.25, -0.2) is 0 Å². The van der Waals surface area contributed by atoms with Crippen LogP contribution in [0.3, 0.4) is 0 Å². The number of hydrogen-bond acceptors (Lipinski definition) is 2. The number of anilines is 1. The molecule has 0 saturated heterocycles. The number of amides is 1. The Bertz CT molecular complexity index is 402. The Hall–Kier alpha value is -1.72. The number of halogens is 3. The van der Waals surface area contributed by atoms with E-state index in [2.05, 4.69) is 5.32 Å². The van der Waals surface area contributed by atoms with Crippen LogP contribution in [0.25, 0.3) is 0 Å². The molecule has 3 nitrogen and oxygen atoms in total. The van der Waals surface area contributed by atoms with Gasteiger partial charge in [-0.3, -0.25) is 4.79 Å². The van der Waals surface area contributed by atoms with E-state index in [0.29, 0.717) is 5.56 Å². The van der Waals surface area contributed by atoms with E-state index < -0.39 is 17.6 Å². The number of aryl methyl sites for hydroxylation is 1. The monoisotopic (exact) mass is 232 g/mol. The van der Waals surface area contributed by atoms with Crippen molar-refractivity contribution in [2.24, 2.45) is 5.73 Å². The molecule has 16 heavy (non-hydrogen) atoms. The molecule has 0 aliphatic heterocycles. The van der Waals surface area contributed by atoms with Gasteiger partial charge in [0.05, 0.1) is 12.1 Å². The van der Waals surface area contributed by atoms with Gasteiger partial charge in [-0.2, -0.15) is 13.2 Å². The molecule has 6 heteroatoms. The maximum Gasteiger partial charge on any atom is 0.418 e. The predicted octanol–water partition coefficient (Wildman–Crippen LogP) is 1.91. The lowest BCUT2D eigenvalue weighted by Crippen LogP contribution is -2.23. The van der Waals surface area contributed by atoms with Crippen molar-refractivity contribution in [3.8, 4) is 0 Å². The van der Waals surface area contributed by atoms with E-state index in [1.165, 1.54) is 12.1 Å². The number of benzene rings is 1. The number of primary amides is 1. The summed E-state index contributed by atoms with van der Waals surface area (Å²) in [5, 5.41) is 2.35. The quantitative estimate of drug-likeness (QED) is 0.836. The highest BCUT2D eigenvalue weighted by molar-refractivity contribution is 5.79. The summed E-state index contributed by atoms with van der Waals surface area (Å²) in [5.74, 6) is -0.714. The fourth-order valence-electron chi connectivity index (χ4n) is 1.23. The SMILES string of the molecule is Cc1ccc(NCC(N)=O)c(C(F)(F)F)c1. The molecule has 1 aromatic rings. The Morgan fingerprint density at radius 3 is 2.56 bits per heavy atom. The van der Waals surface area contributed by atoms with Crippen molar-refractivity contribution < 1.29 is 18.0 Å². The van der Waals surface area contributed by atoms with Crippen LogP contribution in [0.2, 0.25) is 0 Å². The summed E-state index contributed by atoms with van der Waals surface area (Å²) in [6.07, 6.45) is -4.45. The number of alkyl halides is 3. The van der Waals surface area contributed by atoms with Crippen LogP contribution < -0.4 is 11.1 Å². The number of hydrogen-bond donors (Lipinski definition) is 2. The molecule has 3 N–H and O–H groups in total. The molecule has 0 spiro atoms. The minimum absolute atomic E-state index is 0.142. The van der Waals surface area contributed by atoms with E-state index in [9.17, 15) is 18.0 Å². The number of nitrogens with one attached hydrogen (secondary N) is 1. The van der Waals surface area contributed by atoms with Crippen molar-refractivity contribution in [3.05, 3.63) is 29.3 Å². The lowest BCUT2D eigenvalue weighted by Gasteiger charge is -2.14. The zero-order chi connectivity index (χ0) is 12.3. The first-order valence-corrected chi connectivity index (χ1v) is 4.50. The fraction of sp³-hybridized carbons (Fsp3) is 0.300. The Balaban J connectivity index is 3.03. The van der Waals surface area contributed by atoms with Crippen LogP contribution in [0.15, 0.2) is 18.2 Å². The molecule has 1 rings (SSSR count). The van der Waals surface area contributed by atoms with Gasteiger partial charge in [0.2, 0.25) is 5.91 Å². The molecule has 0 bridgehead atoms. The summed E-state index contributed by atoms with van der Waals surface area (Å²) in [7, 11) is 0. The topological polar surface area (TPSA) is 55.1 Å². The van der Waals surface area contributed by atoms with E-state index in [-0.39, 0.29) is 12.2 Å². The molecule has 0 unspecified atom stereocenters. The molecule has 0 saturated carbocycles. The first kappa shape index (κ1) is 12.4. The van der Waals surface area contributed by atoms with Crippen LogP contribution >= 0.6 is 0 Å². The van der Waals surface area contributed by atoms with E-state index in [0.717, 1.165) is 6.07 Å². The smallest absolute Gasteiger partial charge is 0.376 e. The number of nitrogens with two attached hydrogens (primary N) is 1. The third-order valence-electron chi connectivity index (χ3n) is 1.93. The van der Waals surface area contributed by atoms with E-state index in [1.54, 1.807) is 6.92 Å². The van der Waals surface area contributed by atoms with Gasteiger partial charge in [0, 0.05) is 5.69 Å². The van der Waals surface area contributed by atoms with E-state index >= 15 is 0 Å². The van der Waals surface area contributed by atoms with Crippen molar-refractivity contribution in [1.29, 1.82) is 0 Å². The van der Waals surface area contributed by atoms with Crippen molar-refractivity contribution in [2.45, 2.75) is 13.1 Å². The molecule has 0 aliphatic rings. The lowest BCUT2D eigenvalue weighted by atomic mass is 10.1. The summed E-state index contributed by atoms with van der Waals surface area (Å²) in [5.41, 5.74) is 4.40. The van der Waals surface area contributed by atoms with E-state index in [1.807, 2.05) is 0 Å². The Kier molecular flexibility index (Phi) is 3.41. The number of carbonyl (C=O) groups excluding carboxylic acids is 1. The van der Waals surface area contributed by atoms with E-state index in [4.69, 9.17) is 5.73 Å². The first-order valence-electron chi connectivity index (χ1n) is 4.50. The largest absolute Gasteiger partial charge is 0.418 e. The third-order valence-corrected chi connectivity index (χ3v) is 1.93. The molecule has 88 valence electrons. The summed E-state index contributed by atoms with van der Waals surface area (Å²) >= 11 is 0. The first-order chi connectivity index (χ1) is 7.30. The second kappa shape index (κ2) is 4.42. The van der Waals surface area contributed by atoms with Crippen LogP contribution in [0.5, 0.6) is 0 Å². The molecular weight excluding hydrogens is 221 g/mol. The summed E-state index contributed by atoms with van der Waals surface area (Å²) in [6.45, 7) is 1.24. The molecule has 0 fully saturated rings. The number of carbonyl (C=O) groups is 1. The molecule has 0 radical (unpaired) electrons. The van der Waals surface area contributed by atoms with Gasteiger partial charge < -0.3 is 11.1 Å². The molecule has 0 aliphatic carbocycles. The van der Waals surface area contributed by atoms with Crippen molar-refractivity contribution in [3.63, 3.8) is 0 Å². The van der Waals surface area contributed by atoms with Gasteiger partial charge in [-0.1, -0.05) is 11.6 Å². The zero-order valence-corrected chi connectivity index (χ0v) is 8.56. The van der Waals surface area contributed by atoms with Crippen molar-refractivity contribution in [2.75, 3.05) is 11.9 Å². The van der Waals surface area contributed by atoms with Gasteiger partial charge in [0.25, 0.3) is 0 Å². The second-order valence-corrected chi connectivity index (χ2v) is 3.37. The maximum absolute atomic E-state index is 12.6. The fourth-order valence-corrected chi connectivity index (χ4v) is 1.23. The summed E-state index contributed by atoms with van der Waals surface area (Å²) in [4.78, 5) is 10.5. The maximum atomic E-state index is 12.6. The minimum atomic E-state index is -4.45. The van der Waals surface area contributed by atoms with Gasteiger partial charge in [-0.05, 0) is 19.1 Å². The highest BCUT2D eigenvalue weighted by atomic mass is 19.4. The Morgan fingerprint density at radius 1 is 1.44 bits per heavy atom. The van der Waals surface area contributed by atoms with Crippen LogP contribution in [0.1, 0.15) is 11.1 Å². The normalized spacial score (nSPS) is 11.2. The van der Waals surface area contributed by atoms with Crippen LogP contribution in [0, 0.1) is 6.92 Å². The average Bonchev–Trinajstić information content (AvgIpc) is 2.14. The van der Waals surface area contributed by atoms with Crippen molar-refractivity contribution >= 4 is 11.6 Å². The Morgan fingerprint density at radius 2 is 2.06 bits per heavy atom. The molecular formula is C10H11F3N2O. The molecule has 0 aromatic heterocycles. The summed E-state index contributed by atoms with van der Waals surface area (Å²) < 4.78 is 37.8. The van der Waals surface area contributed by atoms with Crippen LogP contribution in [-0.2, 0) is 11.0 Å².